The van der Waals surface area contributed by atoms with E-state index in [-0.39, 0.29) is 42.0 Å². The van der Waals surface area contributed by atoms with Crippen molar-refractivity contribution in [1.82, 2.24) is 24.8 Å². The van der Waals surface area contributed by atoms with E-state index in [0.29, 0.717) is 36.8 Å². The summed E-state index contributed by atoms with van der Waals surface area (Å²) in [6.07, 6.45) is 1.56. The van der Waals surface area contributed by atoms with Crippen molar-refractivity contribution in [3.8, 4) is 28.4 Å². The fraction of sp³-hybridized carbons (Fsp3) is 0.357. The summed E-state index contributed by atoms with van der Waals surface area (Å²) in [4.78, 5) is 29.2. The molecule has 3 aromatic heterocycles. The zero-order valence-corrected chi connectivity index (χ0v) is 22.2. The highest BCUT2D eigenvalue weighted by Gasteiger charge is 2.30. The topological polar surface area (TPSA) is 94.4 Å². The van der Waals surface area contributed by atoms with E-state index in [1.165, 1.54) is 4.57 Å². The average Bonchev–Trinajstić information content (AvgIpc) is 2.92. The lowest BCUT2D eigenvalue weighted by Crippen LogP contribution is -2.50. The van der Waals surface area contributed by atoms with Gasteiger partial charge < -0.3 is 19.7 Å². The van der Waals surface area contributed by atoms with Gasteiger partial charge >= 0.3 is 5.69 Å². The lowest BCUT2D eigenvalue weighted by molar-refractivity contribution is 0.211. The van der Waals surface area contributed by atoms with Crippen LogP contribution in [0.25, 0.3) is 28.0 Å². The molecule has 0 aliphatic carbocycles. The van der Waals surface area contributed by atoms with Gasteiger partial charge in [-0.25, -0.2) is 27.5 Å². The van der Waals surface area contributed by atoms with Gasteiger partial charge in [-0.3, -0.25) is 4.98 Å². The maximum atomic E-state index is 15.9. The first kappa shape index (κ1) is 26.1. The van der Waals surface area contributed by atoms with Gasteiger partial charge in [0.05, 0.1) is 16.6 Å². The third kappa shape index (κ3) is 4.23. The molecule has 208 valence electrons. The molecule has 5 heterocycles. The Morgan fingerprint density at radius 2 is 1.82 bits per heavy atom. The number of nitrogens with one attached hydrogen (secondary N) is 1. The van der Waals surface area contributed by atoms with E-state index in [1.54, 1.807) is 12.3 Å². The Bertz CT molecular complexity index is 1690. The molecular formula is C28H27F3N6O3. The Morgan fingerprint density at radius 1 is 1.05 bits per heavy atom. The molecule has 2 bridgehead atoms. The van der Waals surface area contributed by atoms with E-state index in [4.69, 9.17) is 9.47 Å². The number of hydrogen-bond donors (Lipinski definition) is 1. The summed E-state index contributed by atoms with van der Waals surface area (Å²) in [5.41, 5.74) is -0.836. The summed E-state index contributed by atoms with van der Waals surface area (Å²) in [7, 11) is 0. The van der Waals surface area contributed by atoms with Crippen LogP contribution in [0.15, 0.2) is 35.3 Å². The predicted molar refractivity (Wildman–Crippen MR) is 143 cm³/mol. The van der Waals surface area contributed by atoms with Gasteiger partial charge in [-0.05, 0) is 31.0 Å². The van der Waals surface area contributed by atoms with Crippen LogP contribution in [0.3, 0.4) is 0 Å². The number of piperazine rings is 1. The second-order valence-corrected chi connectivity index (χ2v) is 10.1. The monoisotopic (exact) mass is 552 g/mol. The van der Waals surface area contributed by atoms with E-state index < -0.39 is 40.1 Å². The number of fused-ring (bicyclic) bond motifs is 5. The largest absolute Gasteiger partial charge is 0.488 e. The van der Waals surface area contributed by atoms with E-state index in [9.17, 15) is 9.18 Å². The van der Waals surface area contributed by atoms with E-state index in [0.717, 1.165) is 18.2 Å². The number of anilines is 1. The summed E-state index contributed by atoms with van der Waals surface area (Å²) in [6.45, 7) is 7.31. The van der Waals surface area contributed by atoms with Crippen LogP contribution < -0.4 is 25.4 Å². The van der Waals surface area contributed by atoms with Crippen LogP contribution >= 0.6 is 0 Å². The minimum absolute atomic E-state index is 0.00654. The molecule has 4 aromatic rings. The Balaban J connectivity index is 1.78. The van der Waals surface area contributed by atoms with Crippen LogP contribution in [0.5, 0.6) is 11.5 Å². The second kappa shape index (κ2) is 10.1. The van der Waals surface area contributed by atoms with Gasteiger partial charge in [0.15, 0.2) is 23.0 Å². The molecule has 6 rings (SSSR count). The molecule has 0 saturated carbocycles. The quantitative estimate of drug-likeness (QED) is 0.400. The SMILES string of the molecule is CC(C)c1nccc2c1-n1c(=O)nc(N3CCNCC3C)c3cc(F)c(nc31)-c1c(F)ccc(F)c1OCCO2. The van der Waals surface area contributed by atoms with Crippen molar-refractivity contribution in [2.45, 2.75) is 32.7 Å². The molecule has 2 aliphatic heterocycles. The Morgan fingerprint density at radius 3 is 2.60 bits per heavy atom. The van der Waals surface area contributed by atoms with Crippen molar-refractivity contribution >= 4 is 16.9 Å². The standard InChI is InChI=1S/C28H27F3N6O3/c1-14(2)22-24-20(6-7-33-22)39-10-11-40-25-18(30)5-4-17(29)21(25)23-19(31)12-16-26(36-9-8-32-13-15(36)3)35-28(38)37(24)27(16)34-23/h4-7,12,14-15,32H,8-11,13H2,1-3H3. The van der Waals surface area contributed by atoms with Crippen LogP contribution in [0.1, 0.15) is 32.4 Å². The van der Waals surface area contributed by atoms with Crippen molar-refractivity contribution in [3.63, 3.8) is 0 Å². The number of pyridine rings is 2. The van der Waals surface area contributed by atoms with E-state index in [2.05, 4.69) is 20.3 Å². The third-order valence-corrected chi connectivity index (χ3v) is 7.14. The third-order valence-electron chi connectivity index (χ3n) is 7.14. The number of rotatable bonds is 2. The maximum Gasteiger partial charge on any atom is 0.356 e. The number of hydrogen-bond acceptors (Lipinski definition) is 8. The van der Waals surface area contributed by atoms with Gasteiger partial charge in [0.2, 0.25) is 0 Å². The maximum absolute atomic E-state index is 15.9. The zero-order valence-electron chi connectivity index (χ0n) is 22.2. The van der Waals surface area contributed by atoms with Gasteiger partial charge in [-0.1, -0.05) is 13.8 Å². The van der Waals surface area contributed by atoms with Crippen LogP contribution in [-0.4, -0.2) is 58.4 Å². The first-order valence-corrected chi connectivity index (χ1v) is 13.1. The zero-order chi connectivity index (χ0) is 28.1. The van der Waals surface area contributed by atoms with Crippen LogP contribution in [0, 0.1) is 17.5 Å². The molecule has 0 amide bonds. The highest BCUT2D eigenvalue weighted by Crippen LogP contribution is 2.39. The summed E-state index contributed by atoms with van der Waals surface area (Å²) in [5, 5.41) is 3.52. The molecule has 1 fully saturated rings. The first-order chi connectivity index (χ1) is 19.3. The number of benzene rings is 1. The summed E-state index contributed by atoms with van der Waals surface area (Å²) >= 11 is 0. The van der Waals surface area contributed by atoms with Gasteiger partial charge in [-0.15, -0.1) is 0 Å². The van der Waals surface area contributed by atoms with Crippen molar-refractivity contribution in [3.05, 3.63) is 64.1 Å². The Hall–Kier alpha value is -4.19. The fourth-order valence-electron chi connectivity index (χ4n) is 5.26. The van der Waals surface area contributed by atoms with E-state index in [1.807, 2.05) is 25.7 Å². The minimum Gasteiger partial charge on any atom is -0.488 e. The lowest BCUT2D eigenvalue weighted by atomic mass is 10.1. The molecule has 0 spiro atoms. The van der Waals surface area contributed by atoms with Gasteiger partial charge in [-0.2, -0.15) is 4.98 Å². The van der Waals surface area contributed by atoms with Crippen LogP contribution in [-0.2, 0) is 0 Å². The van der Waals surface area contributed by atoms with Gasteiger partial charge in [0.25, 0.3) is 0 Å². The highest BCUT2D eigenvalue weighted by atomic mass is 19.1. The second-order valence-electron chi connectivity index (χ2n) is 10.1. The molecule has 0 radical (unpaired) electrons. The summed E-state index contributed by atoms with van der Waals surface area (Å²) in [6, 6.07) is 4.48. The number of aromatic nitrogens is 4. The molecular weight excluding hydrogens is 525 g/mol. The first-order valence-electron chi connectivity index (χ1n) is 13.1. The van der Waals surface area contributed by atoms with Crippen molar-refractivity contribution < 1.29 is 22.6 Å². The Kier molecular flexibility index (Phi) is 6.57. The Labute approximate surface area is 227 Å². The highest BCUT2D eigenvalue weighted by molar-refractivity contribution is 5.91. The van der Waals surface area contributed by atoms with Crippen molar-refractivity contribution in [2.24, 2.45) is 0 Å². The van der Waals surface area contributed by atoms with E-state index >= 15 is 8.78 Å². The molecule has 1 aromatic carbocycles. The van der Waals surface area contributed by atoms with Crippen LogP contribution in [0.2, 0.25) is 0 Å². The molecule has 12 heteroatoms. The van der Waals surface area contributed by atoms with Gasteiger partial charge in [0, 0.05) is 37.9 Å². The molecule has 2 aliphatic rings. The molecule has 1 atom stereocenters. The number of halogens is 3. The minimum atomic E-state index is -0.927. The van der Waals surface area contributed by atoms with Crippen molar-refractivity contribution in [2.75, 3.05) is 37.7 Å². The fourth-order valence-corrected chi connectivity index (χ4v) is 5.26. The molecule has 9 nitrogen and oxygen atoms in total. The number of ether oxygens (including phenoxy) is 2. The summed E-state index contributed by atoms with van der Waals surface area (Å²) < 4.78 is 58.9. The normalized spacial score (nSPS) is 17.1. The molecule has 1 unspecified atom stereocenters. The van der Waals surface area contributed by atoms with Crippen LogP contribution in [0.4, 0.5) is 19.0 Å². The molecule has 1 saturated heterocycles. The predicted octanol–water partition coefficient (Wildman–Crippen LogP) is 3.95. The smallest absolute Gasteiger partial charge is 0.356 e. The number of nitrogens with zero attached hydrogens (tertiary/aromatic N) is 5. The molecule has 40 heavy (non-hydrogen) atoms. The summed E-state index contributed by atoms with van der Waals surface area (Å²) in [5.74, 6) is -2.82. The average molecular weight is 553 g/mol. The lowest BCUT2D eigenvalue weighted by Gasteiger charge is -2.35. The molecule has 1 N–H and O–H groups in total. The van der Waals surface area contributed by atoms with Gasteiger partial charge in [0.1, 0.15) is 42.0 Å². The van der Waals surface area contributed by atoms with Crippen molar-refractivity contribution in [1.29, 1.82) is 0 Å².